The molecule has 19 heavy (non-hydrogen) atoms. The average molecular weight is 259 g/mol. The maximum absolute atomic E-state index is 12.0. The minimum atomic E-state index is -0.205. The van der Waals surface area contributed by atoms with E-state index in [-0.39, 0.29) is 11.4 Å². The summed E-state index contributed by atoms with van der Waals surface area (Å²) in [7, 11) is 0. The topological polar surface area (TPSA) is 42.2 Å². The van der Waals surface area contributed by atoms with E-state index in [0.717, 1.165) is 16.5 Å². The van der Waals surface area contributed by atoms with Crippen LogP contribution >= 0.6 is 0 Å². The number of nitrogens with one attached hydrogen (secondary N) is 1. The standard InChI is InChI=1S/C16H21NO2/c1-10-6-13-12(8-15(18)17-16(3,4)5)9-19-14(13)7-11(10)2/h6-7,9H,8H2,1-5H3,(H,17,18). The van der Waals surface area contributed by atoms with E-state index in [1.54, 1.807) is 6.26 Å². The minimum Gasteiger partial charge on any atom is -0.464 e. The van der Waals surface area contributed by atoms with E-state index < -0.39 is 0 Å². The Morgan fingerprint density at radius 1 is 1.21 bits per heavy atom. The van der Waals surface area contributed by atoms with E-state index in [0.29, 0.717) is 6.42 Å². The Labute approximate surface area is 114 Å². The summed E-state index contributed by atoms with van der Waals surface area (Å²) in [6.07, 6.45) is 2.04. The van der Waals surface area contributed by atoms with Crippen LogP contribution in [0.4, 0.5) is 0 Å². The van der Waals surface area contributed by atoms with Crippen molar-refractivity contribution in [2.24, 2.45) is 0 Å². The number of carbonyl (C=O) groups excluding carboxylic acids is 1. The zero-order valence-electron chi connectivity index (χ0n) is 12.3. The molecule has 0 bridgehead atoms. The molecular weight excluding hydrogens is 238 g/mol. The quantitative estimate of drug-likeness (QED) is 0.896. The molecule has 0 atom stereocenters. The van der Waals surface area contributed by atoms with Gasteiger partial charge in [0.15, 0.2) is 0 Å². The van der Waals surface area contributed by atoms with Crippen LogP contribution in [0, 0.1) is 13.8 Å². The van der Waals surface area contributed by atoms with Gasteiger partial charge in [-0.2, -0.15) is 0 Å². The van der Waals surface area contributed by atoms with Crippen molar-refractivity contribution in [3.63, 3.8) is 0 Å². The second-order valence-corrected chi connectivity index (χ2v) is 6.17. The molecule has 2 rings (SSSR count). The molecule has 0 saturated carbocycles. The fourth-order valence-corrected chi connectivity index (χ4v) is 2.11. The Balaban J connectivity index is 2.27. The highest BCUT2D eigenvalue weighted by Crippen LogP contribution is 2.25. The Hall–Kier alpha value is -1.77. The van der Waals surface area contributed by atoms with Gasteiger partial charge in [0.1, 0.15) is 5.58 Å². The molecule has 1 aromatic heterocycles. The van der Waals surface area contributed by atoms with E-state index in [1.807, 2.05) is 26.8 Å². The van der Waals surface area contributed by atoms with Crippen molar-refractivity contribution < 1.29 is 9.21 Å². The van der Waals surface area contributed by atoms with Gasteiger partial charge in [0.2, 0.25) is 5.91 Å². The predicted molar refractivity (Wildman–Crippen MR) is 77.3 cm³/mol. The van der Waals surface area contributed by atoms with Gasteiger partial charge in [0.25, 0.3) is 0 Å². The van der Waals surface area contributed by atoms with Crippen molar-refractivity contribution in [3.8, 4) is 0 Å². The number of fused-ring (bicyclic) bond motifs is 1. The first-order valence-electron chi connectivity index (χ1n) is 6.54. The lowest BCUT2D eigenvalue weighted by molar-refractivity contribution is -0.121. The van der Waals surface area contributed by atoms with Crippen LogP contribution in [0.15, 0.2) is 22.8 Å². The molecule has 1 aromatic carbocycles. The van der Waals surface area contributed by atoms with Crippen LogP contribution in [-0.2, 0) is 11.2 Å². The van der Waals surface area contributed by atoms with Crippen molar-refractivity contribution in [2.75, 3.05) is 0 Å². The molecule has 2 aromatic rings. The van der Waals surface area contributed by atoms with Crippen molar-refractivity contribution in [1.29, 1.82) is 0 Å². The molecular formula is C16H21NO2. The summed E-state index contributed by atoms with van der Waals surface area (Å²) >= 11 is 0. The first kappa shape index (κ1) is 13.7. The highest BCUT2D eigenvalue weighted by atomic mass is 16.3. The van der Waals surface area contributed by atoms with Gasteiger partial charge in [-0.05, 0) is 57.9 Å². The number of benzene rings is 1. The largest absolute Gasteiger partial charge is 0.464 e. The molecule has 1 N–H and O–H groups in total. The molecule has 0 fully saturated rings. The first-order valence-corrected chi connectivity index (χ1v) is 6.54. The molecule has 0 aliphatic rings. The second kappa shape index (κ2) is 4.72. The highest BCUT2D eigenvalue weighted by molar-refractivity contribution is 5.88. The Morgan fingerprint density at radius 2 is 1.84 bits per heavy atom. The minimum absolute atomic E-state index is 0.0217. The van der Waals surface area contributed by atoms with E-state index in [4.69, 9.17) is 4.42 Å². The van der Waals surface area contributed by atoms with Gasteiger partial charge in [-0.25, -0.2) is 0 Å². The summed E-state index contributed by atoms with van der Waals surface area (Å²) in [4.78, 5) is 12.0. The van der Waals surface area contributed by atoms with Crippen LogP contribution in [0.5, 0.6) is 0 Å². The summed E-state index contributed by atoms with van der Waals surface area (Å²) < 4.78 is 5.54. The number of aryl methyl sites for hydroxylation is 2. The third-order valence-electron chi connectivity index (χ3n) is 3.14. The van der Waals surface area contributed by atoms with Crippen LogP contribution in [0.25, 0.3) is 11.0 Å². The molecule has 1 amide bonds. The van der Waals surface area contributed by atoms with Crippen LogP contribution in [0.2, 0.25) is 0 Å². The number of furan rings is 1. The molecule has 0 radical (unpaired) electrons. The third kappa shape index (κ3) is 3.16. The lowest BCUT2D eigenvalue weighted by Crippen LogP contribution is -2.41. The number of rotatable bonds is 2. The van der Waals surface area contributed by atoms with Gasteiger partial charge in [0.05, 0.1) is 12.7 Å². The molecule has 0 saturated heterocycles. The predicted octanol–water partition coefficient (Wildman–Crippen LogP) is 3.51. The fourth-order valence-electron chi connectivity index (χ4n) is 2.11. The van der Waals surface area contributed by atoms with Crippen LogP contribution < -0.4 is 5.32 Å². The van der Waals surface area contributed by atoms with Crippen LogP contribution in [0.3, 0.4) is 0 Å². The summed E-state index contributed by atoms with van der Waals surface area (Å²) in [6, 6.07) is 4.11. The Morgan fingerprint density at radius 3 is 2.47 bits per heavy atom. The van der Waals surface area contributed by atoms with E-state index in [9.17, 15) is 4.79 Å². The zero-order chi connectivity index (χ0) is 14.2. The smallest absolute Gasteiger partial charge is 0.224 e. The number of carbonyl (C=O) groups is 1. The van der Waals surface area contributed by atoms with Gasteiger partial charge in [0, 0.05) is 16.5 Å². The van der Waals surface area contributed by atoms with Crippen molar-refractivity contribution in [3.05, 3.63) is 35.1 Å². The Bertz CT molecular complexity index is 617. The summed E-state index contributed by atoms with van der Waals surface area (Å²) in [5, 5.41) is 4.00. The van der Waals surface area contributed by atoms with Gasteiger partial charge in [-0.3, -0.25) is 4.79 Å². The van der Waals surface area contributed by atoms with E-state index in [1.165, 1.54) is 11.1 Å². The van der Waals surface area contributed by atoms with Gasteiger partial charge in [-0.15, -0.1) is 0 Å². The van der Waals surface area contributed by atoms with E-state index >= 15 is 0 Å². The van der Waals surface area contributed by atoms with Crippen LogP contribution in [-0.4, -0.2) is 11.4 Å². The first-order chi connectivity index (χ1) is 8.76. The molecule has 102 valence electrons. The molecule has 1 heterocycles. The van der Waals surface area contributed by atoms with Crippen molar-refractivity contribution in [1.82, 2.24) is 5.32 Å². The SMILES string of the molecule is Cc1cc2occ(CC(=O)NC(C)(C)C)c2cc1C. The highest BCUT2D eigenvalue weighted by Gasteiger charge is 2.16. The average Bonchev–Trinajstić information content (AvgIpc) is 2.59. The molecule has 3 heteroatoms. The zero-order valence-corrected chi connectivity index (χ0v) is 12.3. The summed E-state index contributed by atoms with van der Waals surface area (Å²) in [5.74, 6) is 0.0217. The monoisotopic (exact) mass is 259 g/mol. The van der Waals surface area contributed by atoms with Crippen LogP contribution in [0.1, 0.15) is 37.5 Å². The molecule has 0 unspecified atom stereocenters. The summed E-state index contributed by atoms with van der Waals surface area (Å²) in [6.45, 7) is 10.1. The molecule has 0 aliphatic heterocycles. The van der Waals surface area contributed by atoms with Gasteiger partial charge >= 0.3 is 0 Å². The number of amides is 1. The van der Waals surface area contributed by atoms with Gasteiger partial charge in [-0.1, -0.05) is 0 Å². The second-order valence-electron chi connectivity index (χ2n) is 6.17. The maximum atomic E-state index is 12.0. The van der Waals surface area contributed by atoms with Crippen molar-refractivity contribution >= 4 is 16.9 Å². The fraction of sp³-hybridized carbons (Fsp3) is 0.438. The third-order valence-corrected chi connectivity index (χ3v) is 3.14. The Kier molecular flexibility index (Phi) is 3.40. The molecule has 3 nitrogen and oxygen atoms in total. The normalized spacial score (nSPS) is 11.8. The lowest BCUT2D eigenvalue weighted by atomic mass is 10.0. The molecule has 0 aliphatic carbocycles. The maximum Gasteiger partial charge on any atom is 0.224 e. The number of hydrogen-bond acceptors (Lipinski definition) is 2. The molecule has 0 spiro atoms. The lowest BCUT2D eigenvalue weighted by Gasteiger charge is -2.20. The van der Waals surface area contributed by atoms with Crippen molar-refractivity contribution in [2.45, 2.75) is 46.6 Å². The number of hydrogen-bond donors (Lipinski definition) is 1. The van der Waals surface area contributed by atoms with E-state index in [2.05, 4.69) is 25.2 Å². The summed E-state index contributed by atoms with van der Waals surface area (Å²) in [5.41, 5.74) is 4.00. The van der Waals surface area contributed by atoms with Gasteiger partial charge < -0.3 is 9.73 Å².